The van der Waals surface area contributed by atoms with Crippen molar-refractivity contribution in [1.29, 1.82) is 0 Å². The molecule has 1 aliphatic heterocycles. The van der Waals surface area contributed by atoms with Gasteiger partial charge in [0.25, 0.3) is 5.91 Å². The summed E-state index contributed by atoms with van der Waals surface area (Å²) >= 11 is 3.12. The number of amides is 2. The topological polar surface area (TPSA) is 62.3 Å². The van der Waals surface area contributed by atoms with Crippen LogP contribution in [0, 0.1) is 5.92 Å². The van der Waals surface area contributed by atoms with Crippen molar-refractivity contribution in [3.05, 3.63) is 70.9 Å². The maximum absolute atomic E-state index is 12.7. The normalized spacial score (nSPS) is 14.6. The summed E-state index contributed by atoms with van der Waals surface area (Å²) in [4.78, 5) is 32.5. The van der Waals surface area contributed by atoms with Crippen molar-refractivity contribution in [2.45, 2.75) is 12.8 Å². The minimum absolute atomic E-state index is 0.0240. The number of thiazole rings is 1. The van der Waals surface area contributed by atoms with Crippen LogP contribution in [0.5, 0.6) is 0 Å². The molecule has 156 valence electrons. The summed E-state index contributed by atoms with van der Waals surface area (Å²) in [5, 5.41) is 5.92. The smallest absolute Gasteiger partial charge is 0.263 e. The van der Waals surface area contributed by atoms with E-state index >= 15 is 0 Å². The van der Waals surface area contributed by atoms with Crippen molar-refractivity contribution in [1.82, 2.24) is 9.88 Å². The number of rotatable bonds is 4. The second-order valence-corrected chi connectivity index (χ2v) is 9.58. The summed E-state index contributed by atoms with van der Waals surface area (Å²) in [7, 11) is 0. The minimum Gasteiger partial charge on any atom is -0.338 e. The van der Waals surface area contributed by atoms with Gasteiger partial charge >= 0.3 is 0 Å². The summed E-state index contributed by atoms with van der Waals surface area (Å²) < 4.78 is 1.17. The Balaban J connectivity index is 1.19. The fourth-order valence-corrected chi connectivity index (χ4v) is 5.50. The fourth-order valence-electron chi connectivity index (χ4n) is 3.84. The van der Waals surface area contributed by atoms with Gasteiger partial charge in [-0.15, -0.1) is 22.7 Å². The molecule has 3 heterocycles. The first-order valence-corrected chi connectivity index (χ1v) is 12.0. The van der Waals surface area contributed by atoms with Gasteiger partial charge in [-0.25, -0.2) is 4.98 Å². The van der Waals surface area contributed by atoms with Crippen LogP contribution in [0.3, 0.4) is 0 Å². The first kappa shape index (κ1) is 19.9. The number of carbonyl (C=O) groups is 2. The number of fused-ring (bicyclic) bond motifs is 1. The molecule has 5 rings (SSSR count). The van der Waals surface area contributed by atoms with Crippen LogP contribution in [0.4, 0.5) is 5.69 Å². The molecule has 1 aliphatic rings. The number of para-hydroxylation sites is 1. The van der Waals surface area contributed by atoms with Crippen LogP contribution in [0.1, 0.15) is 22.5 Å². The van der Waals surface area contributed by atoms with E-state index in [1.54, 1.807) is 11.3 Å². The van der Waals surface area contributed by atoms with Crippen LogP contribution in [-0.2, 0) is 4.79 Å². The molecule has 1 saturated heterocycles. The van der Waals surface area contributed by atoms with Crippen LogP contribution in [0.2, 0.25) is 0 Å². The van der Waals surface area contributed by atoms with Crippen LogP contribution >= 0.6 is 22.7 Å². The standard InChI is InChI=1S/C24H21N3O2S2/c28-22(16-11-13-27(14-12-16)24(29)21-6-3-15-30-21)25-18-9-7-17(8-10-18)23-26-19-4-1-2-5-20(19)31-23/h1-10,15-16H,11-14H2,(H,25,28). The molecule has 0 saturated carbocycles. The Kier molecular flexibility index (Phi) is 5.53. The van der Waals surface area contributed by atoms with E-state index in [1.165, 1.54) is 16.0 Å². The van der Waals surface area contributed by atoms with Gasteiger partial charge in [-0.2, -0.15) is 0 Å². The van der Waals surface area contributed by atoms with E-state index in [9.17, 15) is 9.59 Å². The van der Waals surface area contributed by atoms with Gasteiger partial charge in [0.15, 0.2) is 0 Å². The number of aromatic nitrogens is 1. The van der Waals surface area contributed by atoms with Gasteiger partial charge in [0.2, 0.25) is 5.91 Å². The van der Waals surface area contributed by atoms with Crippen molar-refractivity contribution < 1.29 is 9.59 Å². The highest BCUT2D eigenvalue weighted by molar-refractivity contribution is 7.21. The van der Waals surface area contributed by atoms with E-state index in [4.69, 9.17) is 0 Å². The Morgan fingerprint density at radius 2 is 1.74 bits per heavy atom. The molecule has 0 bridgehead atoms. The second kappa shape index (κ2) is 8.61. The van der Waals surface area contributed by atoms with Gasteiger partial charge in [-0.3, -0.25) is 9.59 Å². The maximum Gasteiger partial charge on any atom is 0.263 e. The highest BCUT2D eigenvalue weighted by Crippen LogP contribution is 2.31. The Bertz CT molecular complexity index is 1170. The lowest BCUT2D eigenvalue weighted by Crippen LogP contribution is -2.41. The zero-order valence-corrected chi connectivity index (χ0v) is 18.4. The second-order valence-electron chi connectivity index (χ2n) is 7.60. The number of benzene rings is 2. The quantitative estimate of drug-likeness (QED) is 0.448. The fraction of sp³-hybridized carbons (Fsp3) is 0.208. The summed E-state index contributed by atoms with van der Waals surface area (Å²) in [6.07, 6.45) is 1.37. The monoisotopic (exact) mass is 447 g/mol. The number of hydrogen-bond donors (Lipinski definition) is 1. The predicted octanol–water partition coefficient (Wildman–Crippen LogP) is 5.52. The van der Waals surface area contributed by atoms with E-state index in [1.807, 2.05) is 64.9 Å². The summed E-state index contributed by atoms with van der Waals surface area (Å²) in [5.41, 5.74) is 2.83. The third kappa shape index (κ3) is 4.24. The molecule has 31 heavy (non-hydrogen) atoms. The molecule has 2 aromatic carbocycles. The van der Waals surface area contributed by atoms with Crippen molar-refractivity contribution in [2.75, 3.05) is 18.4 Å². The molecule has 0 aliphatic carbocycles. The lowest BCUT2D eigenvalue weighted by molar-refractivity contribution is -0.121. The summed E-state index contributed by atoms with van der Waals surface area (Å²) in [6.45, 7) is 1.23. The van der Waals surface area contributed by atoms with Crippen molar-refractivity contribution >= 4 is 50.4 Å². The molecule has 1 fully saturated rings. The van der Waals surface area contributed by atoms with Gasteiger partial charge < -0.3 is 10.2 Å². The molecule has 4 aromatic rings. The Morgan fingerprint density at radius 3 is 2.45 bits per heavy atom. The minimum atomic E-state index is -0.0728. The van der Waals surface area contributed by atoms with Gasteiger partial charge in [0.05, 0.1) is 15.1 Å². The van der Waals surface area contributed by atoms with Crippen LogP contribution in [0.15, 0.2) is 66.0 Å². The predicted molar refractivity (Wildman–Crippen MR) is 127 cm³/mol. The molecular weight excluding hydrogens is 426 g/mol. The van der Waals surface area contributed by atoms with E-state index in [2.05, 4.69) is 16.4 Å². The van der Waals surface area contributed by atoms with Crippen LogP contribution in [0.25, 0.3) is 20.8 Å². The first-order chi connectivity index (χ1) is 15.2. The number of nitrogens with one attached hydrogen (secondary N) is 1. The number of carbonyl (C=O) groups excluding carboxylic acids is 2. The van der Waals surface area contributed by atoms with Crippen molar-refractivity contribution in [3.8, 4) is 10.6 Å². The summed E-state index contributed by atoms with van der Waals surface area (Å²) in [5.74, 6) is 0.0200. The number of thiophene rings is 1. The zero-order chi connectivity index (χ0) is 21.2. The third-order valence-electron chi connectivity index (χ3n) is 5.58. The Hall–Kier alpha value is -3.03. The molecule has 1 N–H and O–H groups in total. The highest BCUT2D eigenvalue weighted by Gasteiger charge is 2.28. The Morgan fingerprint density at radius 1 is 0.968 bits per heavy atom. The molecule has 0 spiro atoms. The van der Waals surface area contributed by atoms with Crippen LogP contribution < -0.4 is 5.32 Å². The molecule has 7 heteroatoms. The molecule has 0 unspecified atom stereocenters. The van der Waals surface area contributed by atoms with E-state index < -0.39 is 0 Å². The molecule has 0 radical (unpaired) electrons. The SMILES string of the molecule is O=C(Nc1ccc(-c2nc3ccccc3s2)cc1)C1CCN(C(=O)c2cccs2)CC1. The molecule has 2 aromatic heterocycles. The average molecular weight is 448 g/mol. The van der Waals surface area contributed by atoms with Gasteiger partial charge in [-0.05, 0) is 60.7 Å². The molecule has 5 nitrogen and oxygen atoms in total. The maximum atomic E-state index is 12.7. The number of piperidine rings is 1. The highest BCUT2D eigenvalue weighted by atomic mass is 32.1. The van der Waals surface area contributed by atoms with Gasteiger partial charge in [0, 0.05) is 30.3 Å². The lowest BCUT2D eigenvalue weighted by atomic mass is 9.95. The first-order valence-electron chi connectivity index (χ1n) is 10.3. The van der Waals surface area contributed by atoms with E-state index in [0.29, 0.717) is 25.9 Å². The molecule has 2 amide bonds. The van der Waals surface area contributed by atoms with E-state index in [-0.39, 0.29) is 17.7 Å². The van der Waals surface area contributed by atoms with Crippen molar-refractivity contribution in [3.63, 3.8) is 0 Å². The third-order valence-corrected chi connectivity index (χ3v) is 7.52. The number of likely N-dealkylation sites (tertiary alicyclic amines) is 1. The van der Waals surface area contributed by atoms with Crippen molar-refractivity contribution in [2.24, 2.45) is 5.92 Å². The average Bonchev–Trinajstić information content (AvgIpc) is 3.49. The molecule has 0 atom stereocenters. The number of anilines is 1. The van der Waals surface area contributed by atoms with Gasteiger partial charge in [0.1, 0.15) is 5.01 Å². The largest absolute Gasteiger partial charge is 0.338 e. The zero-order valence-electron chi connectivity index (χ0n) is 16.8. The molecular formula is C24H21N3O2S2. The summed E-state index contributed by atoms with van der Waals surface area (Å²) in [6, 6.07) is 19.7. The number of nitrogens with zero attached hydrogens (tertiary/aromatic N) is 2. The van der Waals surface area contributed by atoms with E-state index in [0.717, 1.165) is 26.7 Å². The lowest BCUT2D eigenvalue weighted by Gasteiger charge is -2.31. The Labute approximate surface area is 188 Å². The number of hydrogen-bond acceptors (Lipinski definition) is 5. The van der Waals surface area contributed by atoms with Crippen LogP contribution in [-0.4, -0.2) is 34.8 Å². The van der Waals surface area contributed by atoms with Gasteiger partial charge in [-0.1, -0.05) is 18.2 Å².